The lowest BCUT2D eigenvalue weighted by molar-refractivity contribution is -0.116. The van der Waals surface area contributed by atoms with Crippen LogP contribution >= 0.6 is 12.4 Å². The smallest absolute Gasteiger partial charge is 0.257 e. The molecule has 2 aromatic rings. The van der Waals surface area contributed by atoms with Gasteiger partial charge in [0.25, 0.3) is 5.89 Å². The Hall–Kier alpha value is -1.92. The van der Waals surface area contributed by atoms with Crippen LogP contribution in [0.3, 0.4) is 0 Å². The summed E-state index contributed by atoms with van der Waals surface area (Å²) in [5.74, 6) is 1.18. The SMILES string of the molecule is CCc1noc(-c2ccc(C)c(NC(=O)CCCCCCN)c2)n1.Cl. The van der Waals surface area contributed by atoms with Gasteiger partial charge in [-0.1, -0.05) is 31.0 Å². The number of carbonyl (C=O) groups excluding carboxylic acids is 1. The van der Waals surface area contributed by atoms with Crippen LogP contribution in [0, 0.1) is 6.92 Å². The third-order valence-electron chi connectivity index (χ3n) is 3.90. The summed E-state index contributed by atoms with van der Waals surface area (Å²) >= 11 is 0. The quantitative estimate of drug-likeness (QED) is 0.657. The Morgan fingerprint density at radius 1 is 1.24 bits per heavy atom. The summed E-state index contributed by atoms with van der Waals surface area (Å²) in [6.45, 7) is 4.66. The van der Waals surface area contributed by atoms with Crippen molar-refractivity contribution in [3.63, 3.8) is 0 Å². The van der Waals surface area contributed by atoms with Crippen LogP contribution in [0.2, 0.25) is 0 Å². The number of nitrogens with two attached hydrogens (primary N) is 1. The molecule has 1 aromatic carbocycles. The van der Waals surface area contributed by atoms with E-state index in [4.69, 9.17) is 10.3 Å². The summed E-state index contributed by atoms with van der Waals surface area (Å²) in [5.41, 5.74) is 8.07. The molecule has 0 radical (unpaired) electrons. The molecule has 1 heterocycles. The van der Waals surface area contributed by atoms with Gasteiger partial charge >= 0.3 is 0 Å². The summed E-state index contributed by atoms with van der Waals surface area (Å²) in [6, 6.07) is 5.75. The largest absolute Gasteiger partial charge is 0.334 e. The number of carbonyl (C=O) groups is 1. The van der Waals surface area contributed by atoms with Gasteiger partial charge < -0.3 is 15.6 Å². The van der Waals surface area contributed by atoms with Crippen LogP contribution in [0.25, 0.3) is 11.5 Å². The van der Waals surface area contributed by atoms with Crippen LogP contribution in [0.4, 0.5) is 5.69 Å². The van der Waals surface area contributed by atoms with Crippen molar-refractivity contribution in [3.8, 4) is 11.5 Å². The van der Waals surface area contributed by atoms with E-state index in [1.54, 1.807) is 0 Å². The molecule has 1 amide bonds. The minimum Gasteiger partial charge on any atom is -0.334 e. The summed E-state index contributed by atoms with van der Waals surface area (Å²) in [4.78, 5) is 16.4. The molecule has 0 fully saturated rings. The number of halogens is 1. The molecule has 1 aromatic heterocycles. The number of aromatic nitrogens is 2. The maximum Gasteiger partial charge on any atom is 0.257 e. The fourth-order valence-electron chi connectivity index (χ4n) is 2.40. The van der Waals surface area contributed by atoms with Gasteiger partial charge in [0.2, 0.25) is 5.91 Å². The number of nitrogens with zero attached hydrogens (tertiary/aromatic N) is 2. The van der Waals surface area contributed by atoms with E-state index >= 15 is 0 Å². The molecule has 0 unspecified atom stereocenters. The van der Waals surface area contributed by atoms with E-state index in [1.807, 2.05) is 32.0 Å². The number of rotatable bonds is 9. The van der Waals surface area contributed by atoms with Gasteiger partial charge in [-0.15, -0.1) is 12.4 Å². The van der Waals surface area contributed by atoms with Gasteiger partial charge in [-0.25, -0.2) is 0 Å². The number of hydrogen-bond donors (Lipinski definition) is 2. The fourth-order valence-corrected chi connectivity index (χ4v) is 2.40. The first-order valence-corrected chi connectivity index (χ1v) is 8.57. The van der Waals surface area contributed by atoms with Crippen molar-refractivity contribution in [2.24, 2.45) is 5.73 Å². The Bertz CT molecular complexity index is 673. The van der Waals surface area contributed by atoms with E-state index in [-0.39, 0.29) is 18.3 Å². The van der Waals surface area contributed by atoms with Crippen molar-refractivity contribution >= 4 is 24.0 Å². The number of benzene rings is 1. The average molecular weight is 367 g/mol. The highest BCUT2D eigenvalue weighted by atomic mass is 35.5. The number of anilines is 1. The number of aryl methyl sites for hydroxylation is 2. The molecule has 3 N–H and O–H groups in total. The lowest BCUT2D eigenvalue weighted by atomic mass is 10.1. The Morgan fingerprint density at radius 2 is 2.00 bits per heavy atom. The van der Waals surface area contributed by atoms with E-state index < -0.39 is 0 Å². The molecule has 0 saturated heterocycles. The normalized spacial score (nSPS) is 10.4. The van der Waals surface area contributed by atoms with Gasteiger partial charge in [0.05, 0.1) is 0 Å². The van der Waals surface area contributed by atoms with Crippen LogP contribution in [-0.2, 0) is 11.2 Å². The number of amides is 1. The lowest BCUT2D eigenvalue weighted by Gasteiger charge is -2.09. The van der Waals surface area contributed by atoms with Crippen LogP contribution in [0.5, 0.6) is 0 Å². The highest BCUT2D eigenvalue weighted by Crippen LogP contribution is 2.24. The molecular weight excluding hydrogens is 340 g/mol. The molecule has 2 rings (SSSR count). The molecule has 0 aliphatic rings. The average Bonchev–Trinajstić information content (AvgIpc) is 3.06. The molecule has 0 atom stereocenters. The van der Waals surface area contributed by atoms with Crippen LogP contribution < -0.4 is 11.1 Å². The first-order valence-electron chi connectivity index (χ1n) is 8.57. The maximum absolute atomic E-state index is 12.1. The number of unbranched alkanes of at least 4 members (excludes halogenated alkanes) is 3. The van der Waals surface area contributed by atoms with E-state index in [9.17, 15) is 4.79 Å². The van der Waals surface area contributed by atoms with Crippen molar-refractivity contribution in [1.82, 2.24) is 10.1 Å². The second kappa shape index (κ2) is 10.8. The van der Waals surface area contributed by atoms with Crippen molar-refractivity contribution in [1.29, 1.82) is 0 Å². The summed E-state index contributed by atoms with van der Waals surface area (Å²) in [6.07, 6.45) is 5.26. The van der Waals surface area contributed by atoms with Gasteiger partial charge in [-0.05, 0) is 44.0 Å². The standard InChI is InChI=1S/C18H26N4O2.ClH/c1-3-16-21-18(24-22-16)14-10-9-13(2)15(12-14)20-17(23)8-6-4-5-7-11-19;/h9-10,12H,3-8,11,19H2,1-2H3,(H,20,23);1H. The van der Waals surface area contributed by atoms with Crippen molar-refractivity contribution in [3.05, 3.63) is 29.6 Å². The third-order valence-corrected chi connectivity index (χ3v) is 3.90. The van der Waals surface area contributed by atoms with E-state index in [1.165, 1.54) is 0 Å². The molecule has 0 saturated carbocycles. The lowest BCUT2D eigenvalue weighted by Crippen LogP contribution is -2.12. The molecule has 138 valence electrons. The molecule has 0 spiro atoms. The van der Waals surface area contributed by atoms with Gasteiger partial charge in [-0.3, -0.25) is 4.79 Å². The van der Waals surface area contributed by atoms with E-state index in [0.29, 0.717) is 24.7 Å². The second-order valence-electron chi connectivity index (χ2n) is 5.90. The van der Waals surface area contributed by atoms with E-state index in [0.717, 1.165) is 48.9 Å². The zero-order valence-electron chi connectivity index (χ0n) is 14.9. The molecule has 0 bridgehead atoms. The Labute approximate surface area is 155 Å². The van der Waals surface area contributed by atoms with Gasteiger partial charge in [0.15, 0.2) is 5.82 Å². The topological polar surface area (TPSA) is 94.0 Å². The van der Waals surface area contributed by atoms with Crippen molar-refractivity contribution in [2.75, 3.05) is 11.9 Å². The Morgan fingerprint density at radius 3 is 2.68 bits per heavy atom. The van der Waals surface area contributed by atoms with E-state index in [2.05, 4.69) is 15.5 Å². The van der Waals surface area contributed by atoms with Gasteiger partial charge in [0.1, 0.15) is 0 Å². The van der Waals surface area contributed by atoms with Crippen LogP contribution in [0.15, 0.2) is 22.7 Å². The molecule has 6 nitrogen and oxygen atoms in total. The van der Waals surface area contributed by atoms with Crippen molar-refractivity contribution in [2.45, 2.75) is 52.4 Å². The van der Waals surface area contributed by atoms with Crippen LogP contribution in [0.1, 0.15) is 50.4 Å². The first kappa shape index (κ1) is 21.1. The Balaban J connectivity index is 0.00000312. The highest BCUT2D eigenvalue weighted by molar-refractivity contribution is 5.92. The van der Waals surface area contributed by atoms with Gasteiger partial charge in [0, 0.05) is 24.1 Å². The maximum atomic E-state index is 12.1. The zero-order chi connectivity index (χ0) is 17.4. The number of hydrogen-bond acceptors (Lipinski definition) is 5. The molecular formula is C18H27ClN4O2. The molecule has 0 aliphatic carbocycles. The minimum absolute atomic E-state index is 0. The second-order valence-corrected chi connectivity index (χ2v) is 5.90. The Kier molecular flexibility index (Phi) is 9.16. The molecule has 0 aliphatic heterocycles. The number of nitrogens with one attached hydrogen (secondary N) is 1. The fraction of sp³-hybridized carbons (Fsp3) is 0.500. The predicted octanol–water partition coefficient (Wildman–Crippen LogP) is 3.88. The summed E-state index contributed by atoms with van der Waals surface area (Å²) in [5, 5.41) is 6.89. The zero-order valence-corrected chi connectivity index (χ0v) is 15.7. The monoisotopic (exact) mass is 366 g/mol. The van der Waals surface area contributed by atoms with Crippen LogP contribution in [-0.4, -0.2) is 22.6 Å². The third kappa shape index (κ3) is 6.48. The molecule has 7 heteroatoms. The summed E-state index contributed by atoms with van der Waals surface area (Å²) < 4.78 is 5.26. The minimum atomic E-state index is 0. The predicted molar refractivity (Wildman–Crippen MR) is 102 cm³/mol. The molecule has 25 heavy (non-hydrogen) atoms. The van der Waals surface area contributed by atoms with Gasteiger partial charge in [-0.2, -0.15) is 4.98 Å². The van der Waals surface area contributed by atoms with Crippen molar-refractivity contribution < 1.29 is 9.32 Å². The highest BCUT2D eigenvalue weighted by Gasteiger charge is 2.11. The first-order chi connectivity index (χ1) is 11.6. The summed E-state index contributed by atoms with van der Waals surface area (Å²) in [7, 11) is 0.